The SMILES string of the molecule is CCCCCCCCC(=O)NCCCOP(=O)(O)C[C@H](O)C[C@H]1N[C@H](CO)[C@@H](O)[C@@H]1O. The van der Waals surface area contributed by atoms with Gasteiger partial charge in [-0.1, -0.05) is 39.0 Å². The molecule has 10 nitrogen and oxygen atoms in total. The van der Waals surface area contributed by atoms with Gasteiger partial charge in [0.1, 0.15) is 0 Å². The fraction of sp³-hybridized carbons (Fsp3) is 0.950. The first-order valence-electron chi connectivity index (χ1n) is 11.3. The van der Waals surface area contributed by atoms with Crippen molar-refractivity contribution in [2.75, 3.05) is 25.9 Å². The van der Waals surface area contributed by atoms with Crippen LogP contribution in [0, 0.1) is 0 Å². The standard InChI is InChI=1S/C20H41N2O8P/c1-2-3-4-5-6-7-9-18(25)21-10-8-11-30-31(28,29)14-15(24)12-16-19(26)20(27)17(13-23)22-16/h15-17,19-20,22-24,26-27H,2-14H2,1H3,(H,21,25)(H,28,29)/t15-,16-,17-,19-,20-/m1/s1. The number of aliphatic hydroxyl groups excluding tert-OH is 4. The Morgan fingerprint density at radius 1 is 1.10 bits per heavy atom. The molecule has 1 aliphatic heterocycles. The van der Waals surface area contributed by atoms with Crippen LogP contribution in [0.1, 0.15) is 64.7 Å². The van der Waals surface area contributed by atoms with E-state index < -0.39 is 44.2 Å². The number of hydrogen-bond donors (Lipinski definition) is 7. The summed E-state index contributed by atoms with van der Waals surface area (Å²) in [7, 11) is -4.04. The quantitative estimate of drug-likeness (QED) is 0.117. The van der Waals surface area contributed by atoms with Gasteiger partial charge in [0.25, 0.3) is 0 Å². The number of aliphatic hydroxyl groups is 4. The molecule has 1 rings (SSSR count). The molecule has 1 unspecified atom stereocenters. The number of unbranched alkanes of at least 4 members (excludes halogenated alkanes) is 5. The number of nitrogens with one attached hydrogen (secondary N) is 2. The lowest BCUT2D eigenvalue weighted by molar-refractivity contribution is -0.121. The Bertz CT molecular complexity index is 553. The Balaban J connectivity index is 2.14. The molecule has 0 radical (unpaired) electrons. The first-order valence-corrected chi connectivity index (χ1v) is 13.1. The van der Waals surface area contributed by atoms with Gasteiger partial charge in [-0.05, 0) is 19.3 Å². The fourth-order valence-electron chi connectivity index (χ4n) is 3.66. The number of carbonyl (C=O) groups excluding carboxylic acids is 1. The van der Waals surface area contributed by atoms with Gasteiger partial charge < -0.3 is 40.5 Å². The highest BCUT2D eigenvalue weighted by Gasteiger charge is 2.41. The average molecular weight is 469 g/mol. The second kappa shape index (κ2) is 15.3. The lowest BCUT2D eigenvalue weighted by Crippen LogP contribution is -2.38. The Morgan fingerprint density at radius 3 is 2.39 bits per heavy atom. The third-order valence-corrected chi connectivity index (χ3v) is 6.93. The van der Waals surface area contributed by atoms with Gasteiger partial charge >= 0.3 is 7.60 Å². The lowest BCUT2D eigenvalue weighted by atomic mass is 10.0. The van der Waals surface area contributed by atoms with Gasteiger partial charge in [0.05, 0.1) is 43.7 Å². The topological polar surface area (TPSA) is 169 Å². The third kappa shape index (κ3) is 11.7. The van der Waals surface area contributed by atoms with E-state index in [2.05, 4.69) is 17.6 Å². The third-order valence-electron chi connectivity index (χ3n) is 5.46. The molecule has 7 N–H and O–H groups in total. The van der Waals surface area contributed by atoms with Crippen LogP contribution in [0.3, 0.4) is 0 Å². The van der Waals surface area contributed by atoms with Crippen LogP contribution in [0.2, 0.25) is 0 Å². The zero-order valence-electron chi connectivity index (χ0n) is 18.5. The second-order valence-electron chi connectivity index (χ2n) is 8.31. The van der Waals surface area contributed by atoms with E-state index in [0.29, 0.717) is 19.4 Å². The monoisotopic (exact) mass is 468 g/mol. The highest BCUT2D eigenvalue weighted by Crippen LogP contribution is 2.43. The first-order chi connectivity index (χ1) is 14.7. The molecule has 1 aliphatic rings. The molecule has 1 amide bonds. The van der Waals surface area contributed by atoms with Crippen LogP contribution in [0.15, 0.2) is 0 Å². The van der Waals surface area contributed by atoms with Crippen molar-refractivity contribution >= 4 is 13.5 Å². The summed E-state index contributed by atoms with van der Waals surface area (Å²) in [6, 6.07) is -1.41. The van der Waals surface area contributed by atoms with E-state index in [4.69, 9.17) is 9.63 Å². The minimum atomic E-state index is -4.04. The van der Waals surface area contributed by atoms with Crippen molar-refractivity contribution in [2.45, 2.75) is 95.1 Å². The van der Waals surface area contributed by atoms with Crippen molar-refractivity contribution in [1.82, 2.24) is 10.6 Å². The van der Waals surface area contributed by atoms with Gasteiger partial charge in [0.15, 0.2) is 0 Å². The van der Waals surface area contributed by atoms with Crippen LogP contribution in [0.5, 0.6) is 0 Å². The summed E-state index contributed by atoms with van der Waals surface area (Å²) >= 11 is 0. The first kappa shape index (κ1) is 28.5. The minimum Gasteiger partial charge on any atom is -0.395 e. The lowest BCUT2D eigenvalue weighted by Gasteiger charge is -2.21. The van der Waals surface area contributed by atoms with E-state index >= 15 is 0 Å². The van der Waals surface area contributed by atoms with Crippen molar-refractivity contribution in [1.29, 1.82) is 0 Å². The van der Waals surface area contributed by atoms with E-state index in [1.807, 2.05) is 0 Å². The summed E-state index contributed by atoms with van der Waals surface area (Å²) in [6.07, 6.45) is 3.34. The molecule has 0 aromatic heterocycles. The Kier molecular flexibility index (Phi) is 14.0. The molecule has 0 aliphatic carbocycles. The van der Waals surface area contributed by atoms with Crippen molar-refractivity contribution in [3.05, 3.63) is 0 Å². The van der Waals surface area contributed by atoms with Gasteiger partial charge in [0, 0.05) is 19.0 Å². The van der Waals surface area contributed by atoms with Crippen molar-refractivity contribution in [3.63, 3.8) is 0 Å². The Labute approximate surface area is 184 Å². The molecule has 0 aromatic carbocycles. The largest absolute Gasteiger partial charge is 0.395 e. The van der Waals surface area contributed by atoms with Crippen LogP contribution in [0.25, 0.3) is 0 Å². The molecule has 11 heteroatoms. The van der Waals surface area contributed by atoms with Crippen molar-refractivity contribution < 1.29 is 39.2 Å². The van der Waals surface area contributed by atoms with Gasteiger partial charge in [0.2, 0.25) is 5.91 Å². The van der Waals surface area contributed by atoms with Crippen molar-refractivity contribution in [2.24, 2.45) is 0 Å². The normalized spacial score (nSPS) is 26.5. The highest BCUT2D eigenvalue weighted by atomic mass is 31.2. The molecule has 31 heavy (non-hydrogen) atoms. The van der Waals surface area contributed by atoms with Gasteiger partial charge in [-0.2, -0.15) is 0 Å². The predicted molar refractivity (Wildman–Crippen MR) is 117 cm³/mol. The molecule has 0 spiro atoms. The van der Waals surface area contributed by atoms with Crippen LogP contribution in [-0.2, 0) is 13.9 Å². The minimum absolute atomic E-state index is 0.0343. The second-order valence-corrected chi connectivity index (χ2v) is 10.2. The molecule has 1 fully saturated rings. The summed E-state index contributed by atoms with van der Waals surface area (Å²) in [6.45, 7) is 2.10. The van der Waals surface area contributed by atoms with Crippen molar-refractivity contribution in [3.8, 4) is 0 Å². The predicted octanol–water partition coefficient (Wildman–Crippen LogP) is 0.251. The van der Waals surface area contributed by atoms with Gasteiger partial charge in [-0.25, -0.2) is 0 Å². The smallest absolute Gasteiger partial charge is 0.330 e. The number of hydrogen-bond acceptors (Lipinski definition) is 8. The zero-order chi connectivity index (χ0) is 23.3. The molecule has 0 saturated carbocycles. The highest BCUT2D eigenvalue weighted by molar-refractivity contribution is 7.52. The molecule has 1 heterocycles. The molecular weight excluding hydrogens is 427 g/mol. The molecule has 1 saturated heterocycles. The van der Waals surface area contributed by atoms with E-state index in [-0.39, 0.29) is 25.5 Å². The maximum atomic E-state index is 12.1. The fourth-order valence-corrected chi connectivity index (χ4v) is 4.87. The van der Waals surface area contributed by atoms with Crippen LogP contribution in [-0.4, -0.2) is 87.5 Å². The van der Waals surface area contributed by atoms with Gasteiger partial charge in [-0.15, -0.1) is 0 Å². The van der Waals surface area contributed by atoms with Crippen LogP contribution in [0.4, 0.5) is 0 Å². The zero-order valence-corrected chi connectivity index (χ0v) is 19.4. The molecule has 0 aromatic rings. The summed E-state index contributed by atoms with van der Waals surface area (Å²) in [5, 5.41) is 44.4. The Hall–Kier alpha value is -0.580. The van der Waals surface area contributed by atoms with E-state index in [9.17, 15) is 29.6 Å². The summed E-state index contributed by atoms with van der Waals surface area (Å²) < 4.78 is 17.1. The molecule has 6 atom stereocenters. The number of amides is 1. The summed E-state index contributed by atoms with van der Waals surface area (Å²) in [4.78, 5) is 21.6. The summed E-state index contributed by atoms with van der Waals surface area (Å²) in [5.74, 6) is -0.0379. The molecule has 0 bridgehead atoms. The molecule has 184 valence electrons. The van der Waals surface area contributed by atoms with E-state index in [1.165, 1.54) is 19.3 Å². The number of carbonyl (C=O) groups is 1. The molecular formula is C20H41N2O8P. The van der Waals surface area contributed by atoms with E-state index in [0.717, 1.165) is 19.3 Å². The maximum Gasteiger partial charge on any atom is 0.330 e. The summed E-state index contributed by atoms with van der Waals surface area (Å²) in [5.41, 5.74) is 0. The van der Waals surface area contributed by atoms with Gasteiger partial charge in [-0.3, -0.25) is 9.36 Å². The number of rotatable bonds is 17. The van der Waals surface area contributed by atoms with Crippen LogP contribution >= 0.6 is 7.60 Å². The van der Waals surface area contributed by atoms with Crippen LogP contribution < -0.4 is 10.6 Å². The van der Waals surface area contributed by atoms with E-state index in [1.54, 1.807) is 0 Å². The average Bonchev–Trinajstić information content (AvgIpc) is 2.97. The maximum absolute atomic E-state index is 12.1. The Morgan fingerprint density at radius 2 is 1.74 bits per heavy atom.